The second-order valence-corrected chi connectivity index (χ2v) is 11.1. The fourth-order valence-corrected chi connectivity index (χ4v) is 5.74. The average Bonchev–Trinajstić information content (AvgIpc) is 3.30. The molecule has 9 heteroatoms. The lowest BCUT2D eigenvalue weighted by Gasteiger charge is -2.18. The summed E-state index contributed by atoms with van der Waals surface area (Å²) in [5.74, 6) is 0.980. The van der Waals surface area contributed by atoms with Gasteiger partial charge < -0.3 is 9.64 Å². The summed E-state index contributed by atoms with van der Waals surface area (Å²) in [6.07, 6.45) is 2.21. The van der Waals surface area contributed by atoms with Crippen LogP contribution < -0.4 is 14.2 Å². The monoisotopic (exact) mass is 513 g/mol. The van der Waals surface area contributed by atoms with Crippen LogP contribution >= 0.6 is 22.9 Å². The number of benzene rings is 3. The summed E-state index contributed by atoms with van der Waals surface area (Å²) in [6.45, 7) is 0.372. The second kappa shape index (κ2) is 9.03. The quantitative estimate of drug-likeness (QED) is 0.271. The van der Waals surface area contributed by atoms with Gasteiger partial charge in [-0.15, -0.1) is 0 Å². The van der Waals surface area contributed by atoms with Gasteiger partial charge in [0.1, 0.15) is 11.7 Å². The van der Waals surface area contributed by atoms with Crippen molar-refractivity contribution in [3.05, 3.63) is 82.6 Å². The van der Waals surface area contributed by atoms with Crippen LogP contribution in [0, 0.1) is 0 Å². The van der Waals surface area contributed by atoms with Gasteiger partial charge in [0.2, 0.25) is 11.4 Å². The van der Waals surface area contributed by atoms with Gasteiger partial charge in [-0.3, -0.25) is 4.55 Å². The first-order valence-corrected chi connectivity index (χ1v) is 13.5. The lowest BCUT2D eigenvalue weighted by atomic mass is 10.0. The van der Waals surface area contributed by atoms with E-state index in [1.165, 1.54) is 0 Å². The topological polar surface area (TPSA) is 70.7 Å². The zero-order valence-electron chi connectivity index (χ0n) is 18.3. The first-order chi connectivity index (χ1) is 16.3. The van der Waals surface area contributed by atoms with Gasteiger partial charge >= 0.3 is 0 Å². The largest absolute Gasteiger partial charge is 0.438 e. The fourth-order valence-electron chi connectivity index (χ4n) is 4.03. The smallest absolute Gasteiger partial charge is 0.267 e. The zero-order chi connectivity index (χ0) is 23.9. The van der Waals surface area contributed by atoms with Gasteiger partial charge in [-0.25, -0.2) is 0 Å². The molecule has 2 heterocycles. The molecule has 34 heavy (non-hydrogen) atoms. The van der Waals surface area contributed by atoms with Crippen molar-refractivity contribution in [3.8, 4) is 16.9 Å². The Hall–Kier alpha value is -2.91. The highest BCUT2D eigenvalue weighted by atomic mass is 35.5. The number of rotatable bonds is 6. The standard InChI is InChI=1S/C25H21ClN2O4S2/c1-27-21-15-19(26)9-11-23(21)33-25(27)16-24-28(12-5-13-34(29,30)31)20-14-18(8-10-22(20)32-24)17-6-3-2-4-7-17/h2-4,6-11,14-16H,5,12-13H2,1H3/p+1. The number of ether oxygens (including phenoxy) is 1. The van der Waals surface area contributed by atoms with E-state index in [1.807, 2.05) is 84.8 Å². The molecule has 1 aliphatic rings. The molecule has 1 N–H and O–H groups in total. The van der Waals surface area contributed by atoms with E-state index in [2.05, 4.69) is 4.57 Å². The van der Waals surface area contributed by atoms with Crippen molar-refractivity contribution < 1.29 is 22.3 Å². The Kier molecular flexibility index (Phi) is 6.07. The highest BCUT2D eigenvalue weighted by Gasteiger charge is 2.29. The van der Waals surface area contributed by atoms with Crippen molar-refractivity contribution in [1.29, 1.82) is 0 Å². The van der Waals surface area contributed by atoms with Gasteiger partial charge in [-0.05, 0) is 41.8 Å². The van der Waals surface area contributed by atoms with Gasteiger partial charge in [0.05, 0.1) is 17.5 Å². The molecule has 5 rings (SSSR count). The SMILES string of the molecule is C[n+]1c(C=C2Oc3ccc(-c4ccccc4)cc3N2CCCS(=O)(=O)O)sc2ccc(Cl)cc21. The molecule has 0 amide bonds. The van der Waals surface area contributed by atoms with E-state index in [-0.39, 0.29) is 12.2 Å². The van der Waals surface area contributed by atoms with Crippen molar-refractivity contribution in [1.82, 2.24) is 0 Å². The van der Waals surface area contributed by atoms with Crippen LogP contribution in [0.15, 0.2) is 72.6 Å². The molecule has 0 aliphatic carbocycles. The molecule has 3 aromatic carbocycles. The molecule has 0 spiro atoms. The van der Waals surface area contributed by atoms with Crippen LogP contribution in [-0.4, -0.2) is 25.3 Å². The van der Waals surface area contributed by atoms with Crippen LogP contribution in [0.1, 0.15) is 11.4 Å². The third kappa shape index (κ3) is 4.67. The Morgan fingerprint density at radius 1 is 1.09 bits per heavy atom. The number of hydrogen-bond donors (Lipinski definition) is 1. The molecule has 1 aromatic heterocycles. The van der Waals surface area contributed by atoms with Crippen LogP contribution in [0.2, 0.25) is 5.02 Å². The summed E-state index contributed by atoms with van der Waals surface area (Å²) < 4.78 is 41.2. The fraction of sp³-hybridized carbons (Fsp3) is 0.160. The molecule has 0 fully saturated rings. The molecular formula is C25H22ClN2O4S2+. The minimum absolute atomic E-state index is 0.253. The van der Waals surface area contributed by atoms with Crippen LogP contribution in [0.5, 0.6) is 5.75 Å². The summed E-state index contributed by atoms with van der Waals surface area (Å²) in [6, 6.07) is 21.8. The van der Waals surface area contributed by atoms with Crippen molar-refractivity contribution in [2.24, 2.45) is 7.05 Å². The Morgan fingerprint density at radius 2 is 1.88 bits per heavy atom. The number of aromatic nitrogens is 1. The van der Waals surface area contributed by atoms with Gasteiger partial charge in [0.25, 0.3) is 15.1 Å². The molecule has 0 saturated carbocycles. The normalized spacial score (nSPS) is 14.6. The second-order valence-electron chi connectivity index (χ2n) is 8.04. The predicted octanol–water partition coefficient (Wildman–Crippen LogP) is 5.52. The number of hydrogen-bond acceptors (Lipinski definition) is 5. The number of thiazole rings is 1. The van der Waals surface area contributed by atoms with E-state index in [0.29, 0.717) is 23.2 Å². The van der Waals surface area contributed by atoms with E-state index in [0.717, 1.165) is 32.0 Å². The summed E-state index contributed by atoms with van der Waals surface area (Å²) >= 11 is 7.80. The van der Waals surface area contributed by atoms with E-state index in [9.17, 15) is 13.0 Å². The predicted molar refractivity (Wildman–Crippen MR) is 137 cm³/mol. The van der Waals surface area contributed by atoms with Gasteiger partial charge in [-0.2, -0.15) is 13.0 Å². The van der Waals surface area contributed by atoms with Gasteiger partial charge in [-0.1, -0.05) is 59.3 Å². The minimum atomic E-state index is -4.05. The van der Waals surface area contributed by atoms with Crippen molar-refractivity contribution >= 4 is 55.0 Å². The molecule has 0 atom stereocenters. The Morgan fingerprint density at radius 3 is 2.65 bits per heavy atom. The highest BCUT2D eigenvalue weighted by molar-refractivity contribution is 7.85. The van der Waals surface area contributed by atoms with Crippen LogP contribution in [-0.2, 0) is 17.2 Å². The number of nitrogens with zero attached hydrogens (tertiary/aromatic N) is 2. The summed E-state index contributed by atoms with van der Waals surface area (Å²) in [7, 11) is -2.08. The maximum absolute atomic E-state index is 11.3. The Balaban J connectivity index is 1.55. The minimum Gasteiger partial charge on any atom is -0.438 e. The highest BCUT2D eigenvalue weighted by Crippen LogP contribution is 2.42. The lowest BCUT2D eigenvalue weighted by molar-refractivity contribution is -0.642. The summed E-state index contributed by atoms with van der Waals surface area (Å²) in [5.41, 5.74) is 3.98. The number of anilines is 1. The first kappa shape index (κ1) is 22.9. The van der Waals surface area contributed by atoms with E-state index >= 15 is 0 Å². The van der Waals surface area contributed by atoms with Crippen LogP contribution in [0.4, 0.5) is 5.69 Å². The van der Waals surface area contributed by atoms with Gasteiger partial charge in [0.15, 0.2) is 5.75 Å². The van der Waals surface area contributed by atoms with E-state index < -0.39 is 10.1 Å². The molecule has 0 saturated heterocycles. The maximum atomic E-state index is 11.3. The lowest BCUT2D eigenvalue weighted by Crippen LogP contribution is -2.30. The average molecular weight is 514 g/mol. The van der Waals surface area contributed by atoms with Crippen molar-refractivity contribution in [2.45, 2.75) is 6.42 Å². The van der Waals surface area contributed by atoms with E-state index in [4.69, 9.17) is 16.3 Å². The number of halogens is 1. The molecule has 0 bridgehead atoms. The van der Waals surface area contributed by atoms with Crippen LogP contribution in [0.25, 0.3) is 27.4 Å². The van der Waals surface area contributed by atoms with Gasteiger partial charge in [0, 0.05) is 17.6 Å². The molecule has 4 aromatic rings. The third-order valence-corrected chi connectivity index (χ3v) is 7.90. The number of fused-ring (bicyclic) bond motifs is 2. The summed E-state index contributed by atoms with van der Waals surface area (Å²) in [4.78, 5) is 1.96. The Bertz CT molecular complexity index is 1510. The number of aryl methyl sites for hydroxylation is 1. The Labute approximate surface area is 207 Å². The van der Waals surface area contributed by atoms with Crippen molar-refractivity contribution in [2.75, 3.05) is 17.2 Å². The zero-order valence-corrected chi connectivity index (χ0v) is 20.7. The molecule has 1 aliphatic heterocycles. The maximum Gasteiger partial charge on any atom is 0.267 e. The first-order valence-electron chi connectivity index (χ1n) is 10.7. The molecule has 0 unspecified atom stereocenters. The van der Waals surface area contributed by atoms with Crippen LogP contribution in [0.3, 0.4) is 0 Å². The molecule has 0 radical (unpaired) electrons. The van der Waals surface area contributed by atoms with E-state index in [1.54, 1.807) is 11.3 Å². The molecular weight excluding hydrogens is 492 g/mol. The molecule has 6 nitrogen and oxygen atoms in total. The summed E-state index contributed by atoms with van der Waals surface area (Å²) in [5, 5.41) is 1.63. The van der Waals surface area contributed by atoms with Crippen molar-refractivity contribution in [3.63, 3.8) is 0 Å². The third-order valence-electron chi connectivity index (χ3n) is 5.70. The molecule has 174 valence electrons.